The number of aromatic nitrogens is 4. The van der Waals surface area contributed by atoms with Crippen molar-refractivity contribution >= 4 is 29.0 Å². The van der Waals surface area contributed by atoms with Crippen LogP contribution in [0.3, 0.4) is 0 Å². The van der Waals surface area contributed by atoms with Gasteiger partial charge in [-0.1, -0.05) is 0 Å². The average molecular weight is 568 g/mol. The van der Waals surface area contributed by atoms with Crippen LogP contribution in [0, 0.1) is 12.8 Å². The van der Waals surface area contributed by atoms with Crippen molar-refractivity contribution in [3.05, 3.63) is 66.2 Å². The summed E-state index contributed by atoms with van der Waals surface area (Å²) in [5.41, 5.74) is 4.23. The molecule has 2 N–H and O–H groups in total. The number of ether oxygens (including phenoxy) is 2. The van der Waals surface area contributed by atoms with Crippen LogP contribution in [0.5, 0.6) is 5.75 Å². The number of morpholine rings is 1. The predicted octanol–water partition coefficient (Wildman–Crippen LogP) is 3.75. The number of fused-ring (bicyclic) bond motifs is 3. The molecule has 0 unspecified atom stereocenters. The van der Waals surface area contributed by atoms with Crippen molar-refractivity contribution in [2.45, 2.75) is 50.8 Å². The van der Waals surface area contributed by atoms with Crippen molar-refractivity contribution in [3.63, 3.8) is 0 Å². The number of nitrogens with zero attached hydrogens (tertiary/aromatic N) is 5. The Morgan fingerprint density at radius 2 is 1.83 bits per heavy atom. The molecule has 7 rings (SSSR count). The predicted molar refractivity (Wildman–Crippen MR) is 156 cm³/mol. The van der Waals surface area contributed by atoms with Gasteiger partial charge in [-0.2, -0.15) is 5.10 Å². The number of anilines is 2. The molecule has 4 aromatic heterocycles. The first kappa shape index (κ1) is 26.4. The lowest BCUT2D eigenvalue weighted by molar-refractivity contribution is -0.157. The third-order valence-corrected chi connectivity index (χ3v) is 8.24. The molecule has 1 saturated carbocycles. The van der Waals surface area contributed by atoms with E-state index in [2.05, 4.69) is 36.7 Å². The molecular formula is C31H33N7O4. The Morgan fingerprint density at radius 3 is 2.60 bits per heavy atom. The molecule has 0 spiro atoms. The SMILES string of the molecule is CNC(=O)c1ccnc(Nc2cc3cc(-c4cc(C)ncc4O[C@H]4C[C@H]5COC[C@@H](C4)N5C(=O)C4CC4)ccn3n2)c1. The number of pyridine rings is 3. The highest BCUT2D eigenvalue weighted by Gasteiger charge is 2.46. The van der Waals surface area contributed by atoms with Gasteiger partial charge in [0.05, 0.1) is 37.0 Å². The number of amides is 2. The topological polar surface area (TPSA) is 123 Å². The second kappa shape index (κ2) is 10.7. The lowest BCUT2D eigenvalue weighted by Crippen LogP contribution is -2.61. The van der Waals surface area contributed by atoms with Crippen molar-refractivity contribution < 1.29 is 19.1 Å². The Morgan fingerprint density at radius 1 is 1.02 bits per heavy atom. The second-order valence-corrected chi connectivity index (χ2v) is 11.3. The Bertz CT molecular complexity index is 1650. The minimum absolute atomic E-state index is 0.0250. The van der Waals surface area contributed by atoms with Crippen LogP contribution < -0.4 is 15.4 Å². The van der Waals surface area contributed by atoms with Crippen LogP contribution in [0.25, 0.3) is 16.6 Å². The summed E-state index contributed by atoms with van der Waals surface area (Å²) in [5, 5.41) is 10.4. The molecule has 11 nitrogen and oxygen atoms in total. The highest BCUT2D eigenvalue weighted by Crippen LogP contribution is 2.39. The molecule has 2 aliphatic heterocycles. The van der Waals surface area contributed by atoms with Crippen LogP contribution >= 0.6 is 0 Å². The number of aryl methyl sites for hydroxylation is 1. The van der Waals surface area contributed by atoms with E-state index in [0.29, 0.717) is 36.3 Å². The van der Waals surface area contributed by atoms with Gasteiger partial charge in [0.2, 0.25) is 5.91 Å². The Balaban J connectivity index is 1.12. The first-order chi connectivity index (χ1) is 20.4. The highest BCUT2D eigenvalue weighted by atomic mass is 16.5. The molecule has 3 atom stereocenters. The molecule has 1 aliphatic carbocycles. The first-order valence-corrected chi connectivity index (χ1v) is 14.4. The molecule has 2 amide bonds. The number of nitrogens with one attached hydrogen (secondary N) is 2. The van der Waals surface area contributed by atoms with Crippen LogP contribution in [0.1, 0.15) is 41.7 Å². The Kier molecular flexibility index (Phi) is 6.73. The molecule has 3 fully saturated rings. The minimum Gasteiger partial charge on any atom is -0.488 e. The summed E-state index contributed by atoms with van der Waals surface area (Å²) in [6, 6.07) is 11.5. The van der Waals surface area contributed by atoms with E-state index in [1.165, 1.54) is 0 Å². The molecule has 0 aromatic carbocycles. The fraction of sp³-hybridized carbons (Fsp3) is 0.387. The minimum atomic E-state index is -0.181. The Labute approximate surface area is 243 Å². The maximum Gasteiger partial charge on any atom is 0.251 e. The molecule has 2 bridgehead atoms. The van der Waals surface area contributed by atoms with Crippen LogP contribution in [0.4, 0.5) is 11.6 Å². The van der Waals surface area contributed by atoms with Gasteiger partial charge in [-0.3, -0.25) is 14.6 Å². The summed E-state index contributed by atoms with van der Waals surface area (Å²) in [4.78, 5) is 35.9. The lowest BCUT2D eigenvalue weighted by atomic mass is 9.91. The zero-order valence-corrected chi connectivity index (χ0v) is 23.6. The number of carbonyl (C=O) groups is 2. The van der Waals surface area contributed by atoms with E-state index in [9.17, 15) is 9.59 Å². The highest BCUT2D eigenvalue weighted by molar-refractivity contribution is 5.94. The quantitative estimate of drug-likeness (QED) is 0.346. The van der Waals surface area contributed by atoms with Gasteiger partial charge in [0, 0.05) is 61.1 Å². The summed E-state index contributed by atoms with van der Waals surface area (Å²) < 4.78 is 14.3. The number of rotatable bonds is 7. The van der Waals surface area contributed by atoms with Crippen molar-refractivity contribution in [1.82, 2.24) is 29.8 Å². The fourth-order valence-electron chi connectivity index (χ4n) is 6.05. The van der Waals surface area contributed by atoms with Gasteiger partial charge >= 0.3 is 0 Å². The van der Waals surface area contributed by atoms with Gasteiger partial charge in [-0.25, -0.2) is 9.50 Å². The summed E-state index contributed by atoms with van der Waals surface area (Å²) in [5.74, 6) is 2.18. The molecule has 6 heterocycles. The van der Waals surface area contributed by atoms with Crippen molar-refractivity contribution in [2.75, 3.05) is 25.6 Å². The number of hydrogen-bond donors (Lipinski definition) is 2. The number of carbonyl (C=O) groups excluding carboxylic acids is 2. The van der Waals surface area contributed by atoms with Gasteiger partial charge in [0.25, 0.3) is 5.91 Å². The average Bonchev–Trinajstić information content (AvgIpc) is 3.76. The monoisotopic (exact) mass is 567 g/mol. The molecular weight excluding hydrogens is 534 g/mol. The largest absolute Gasteiger partial charge is 0.488 e. The van der Waals surface area contributed by atoms with Crippen molar-refractivity contribution in [2.24, 2.45) is 5.92 Å². The molecule has 3 aliphatic rings. The van der Waals surface area contributed by atoms with Crippen molar-refractivity contribution in [3.8, 4) is 16.9 Å². The molecule has 4 aromatic rings. The molecule has 0 radical (unpaired) electrons. The van der Waals surface area contributed by atoms with E-state index in [-0.39, 0.29) is 30.0 Å². The zero-order valence-electron chi connectivity index (χ0n) is 23.6. The first-order valence-electron chi connectivity index (χ1n) is 14.4. The summed E-state index contributed by atoms with van der Waals surface area (Å²) in [6.45, 7) is 3.09. The van der Waals surface area contributed by atoms with Crippen LogP contribution in [-0.4, -0.2) is 74.7 Å². The standard InChI is InChI=1S/C31H33N7O4/c1-18-9-26(27(15-34-18)42-25-12-23-16-41-17-24(13-25)38(23)31(40)19-3-4-19)20-6-8-37-22(10-20)14-29(36-37)35-28-11-21(5-7-33-28)30(39)32-2/h5-11,14-15,19,23-25H,3-4,12-13,16-17H2,1-2H3,(H,32,39)(H,33,35,36)/t23-,24+,25-. The van der Waals surface area contributed by atoms with E-state index < -0.39 is 0 Å². The molecule has 11 heteroatoms. The van der Waals surface area contributed by atoms with Crippen LogP contribution in [-0.2, 0) is 9.53 Å². The van der Waals surface area contributed by atoms with Gasteiger partial charge < -0.3 is 25.0 Å². The zero-order chi connectivity index (χ0) is 28.8. The molecule has 216 valence electrons. The van der Waals surface area contributed by atoms with E-state index >= 15 is 0 Å². The smallest absolute Gasteiger partial charge is 0.251 e. The maximum absolute atomic E-state index is 13.0. The normalized spacial score (nSPS) is 21.7. The Hall–Kier alpha value is -4.51. The number of hydrogen-bond acceptors (Lipinski definition) is 8. The van der Waals surface area contributed by atoms with E-state index in [0.717, 1.165) is 53.8 Å². The summed E-state index contributed by atoms with van der Waals surface area (Å²) in [6.07, 6.45) is 8.78. The second-order valence-electron chi connectivity index (χ2n) is 11.3. The van der Waals surface area contributed by atoms with Crippen LogP contribution in [0.15, 0.2) is 55.0 Å². The summed E-state index contributed by atoms with van der Waals surface area (Å²) >= 11 is 0. The van der Waals surface area contributed by atoms with Gasteiger partial charge in [0.15, 0.2) is 5.82 Å². The third-order valence-electron chi connectivity index (χ3n) is 8.24. The van der Waals surface area contributed by atoms with Gasteiger partial charge in [0.1, 0.15) is 17.7 Å². The van der Waals surface area contributed by atoms with Gasteiger partial charge in [-0.15, -0.1) is 0 Å². The third kappa shape index (κ3) is 5.16. The lowest BCUT2D eigenvalue weighted by Gasteiger charge is -2.48. The van der Waals surface area contributed by atoms with E-state index in [1.807, 2.05) is 31.3 Å². The molecule has 42 heavy (non-hydrogen) atoms. The van der Waals surface area contributed by atoms with Gasteiger partial charge in [-0.05, 0) is 55.7 Å². The maximum atomic E-state index is 13.0. The molecule has 2 saturated heterocycles. The fourth-order valence-corrected chi connectivity index (χ4v) is 6.05. The summed E-state index contributed by atoms with van der Waals surface area (Å²) in [7, 11) is 1.59. The van der Waals surface area contributed by atoms with Crippen molar-refractivity contribution in [1.29, 1.82) is 0 Å². The number of piperidine rings is 1. The van der Waals surface area contributed by atoms with Crippen LogP contribution in [0.2, 0.25) is 0 Å². The van der Waals surface area contributed by atoms with E-state index in [4.69, 9.17) is 9.47 Å². The van der Waals surface area contributed by atoms with E-state index in [1.54, 1.807) is 36.1 Å².